The minimum Gasteiger partial charge on any atom is -0.461 e. The molecule has 9 heteroatoms. The van der Waals surface area contributed by atoms with E-state index in [9.17, 15) is 13.2 Å². The van der Waals surface area contributed by atoms with Crippen LogP contribution in [0.3, 0.4) is 0 Å². The van der Waals surface area contributed by atoms with Crippen LogP contribution in [0.1, 0.15) is 35.2 Å². The van der Waals surface area contributed by atoms with Crippen LogP contribution in [-0.2, 0) is 10.0 Å². The van der Waals surface area contributed by atoms with Gasteiger partial charge in [0, 0.05) is 12.2 Å². The van der Waals surface area contributed by atoms with E-state index in [2.05, 4.69) is 16.6 Å². The number of anilines is 2. The minimum atomic E-state index is -3.95. The Morgan fingerprint density at radius 2 is 2.10 bits per heavy atom. The molecule has 150 valence electrons. The molecule has 1 aromatic carbocycles. The van der Waals surface area contributed by atoms with Gasteiger partial charge in [-0.15, -0.1) is 15.7 Å². The maximum Gasteiger partial charge on any atom is 0.286 e. The molecule has 0 bridgehead atoms. The summed E-state index contributed by atoms with van der Waals surface area (Å²) in [5.41, 5.74) is 0.923. The molecule has 4 rings (SSSR count). The zero-order chi connectivity index (χ0) is 20.4. The van der Waals surface area contributed by atoms with Crippen LogP contribution < -0.4 is 10.2 Å². The van der Waals surface area contributed by atoms with Gasteiger partial charge in [0.1, 0.15) is 4.90 Å². The first kappa shape index (κ1) is 19.4. The van der Waals surface area contributed by atoms with Crippen LogP contribution in [0.15, 0.2) is 67.8 Å². The zero-order valence-electron chi connectivity index (χ0n) is 15.7. The fraction of sp³-hybridized carbons (Fsp3) is 0.200. The van der Waals surface area contributed by atoms with Gasteiger partial charge < -0.3 is 14.6 Å². The highest BCUT2D eigenvalue weighted by molar-refractivity contribution is 7.90. The summed E-state index contributed by atoms with van der Waals surface area (Å²) in [5, 5.41) is 4.56. The quantitative estimate of drug-likeness (QED) is 0.629. The number of rotatable bonds is 6. The van der Waals surface area contributed by atoms with E-state index in [0.29, 0.717) is 28.6 Å². The smallest absolute Gasteiger partial charge is 0.286 e. The van der Waals surface area contributed by atoms with Crippen molar-refractivity contribution in [1.29, 1.82) is 0 Å². The lowest BCUT2D eigenvalue weighted by Crippen LogP contribution is -2.37. The number of nitrogens with zero attached hydrogens (tertiary/aromatic N) is 2. The van der Waals surface area contributed by atoms with Gasteiger partial charge in [-0.25, -0.2) is 0 Å². The van der Waals surface area contributed by atoms with Crippen molar-refractivity contribution in [1.82, 2.24) is 0 Å². The fourth-order valence-electron chi connectivity index (χ4n) is 3.07. The summed E-state index contributed by atoms with van der Waals surface area (Å²) in [6, 6.07) is 11.7. The second-order valence-electron chi connectivity index (χ2n) is 6.49. The van der Waals surface area contributed by atoms with Crippen molar-refractivity contribution >= 4 is 44.5 Å². The first-order valence-electron chi connectivity index (χ1n) is 9.15. The largest absolute Gasteiger partial charge is 0.461 e. The Bertz CT molecular complexity index is 1150. The maximum absolute atomic E-state index is 12.9. The van der Waals surface area contributed by atoms with E-state index >= 15 is 0 Å². The Morgan fingerprint density at radius 3 is 2.79 bits per heavy atom. The van der Waals surface area contributed by atoms with Gasteiger partial charge in [0.05, 0.1) is 16.8 Å². The molecule has 0 saturated heterocycles. The Hall–Kier alpha value is -2.91. The molecule has 0 unspecified atom stereocenters. The van der Waals surface area contributed by atoms with Gasteiger partial charge in [0.25, 0.3) is 15.9 Å². The first-order valence-corrected chi connectivity index (χ1v) is 11.5. The highest BCUT2D eigenvalue weighted by Gasteiger charge is 2.33. The van der Waals surface area contributed by atoms with Crippen molar-refractivity contribution in [3.8, 4) is 0 Å². The summed E-state index contributed by atoms with van der Waals surface area (Å²) >= 11 is 1.32. The molecule has 0 atom stereocenters. The summed E-state index contributed by atoms with van der Waals surface area (Å²) in [7, 11) is -3.95. The van der Waals surface area contributed by atoms with Crippen molar-refractivity contribution in [3.63, 3.8) is 0 Å². The molecule has 1 amide bonds. The lowest BCUT2D eigenvalue weighted by Gasteiger charge is -2.30. The third-order valence-electron chi connectivity index (χ3n) is 4.47. The Kier molecular flexibility index (Phi) is 5.25. The lowest BCUT2D eigenvalue weighted by atomic mass is 10.2. The van der Waals surface area contributed by atoms with Crippen LogP contribution in [0.2, 0.25) is 0 Å². The van der Waals surface area contributed by atoms with Crippen LogP contribution in [0, 0.1) is 0 Å². The Balaban J connectivity index is 1.74. The molecule has 0 spiro atoms. The maximum atomic E-state index is 12.9. The monoisotopic (exact) mass is 429 g/mol. The van der Waals surface area contributed by atoms with E-state index < -0.39 is 10.0 Å². The number of carbonyl (C=O) groups excluding carboxylic acids is 1. The van der Waals surface area contributed by atoms with Crippen LogP contribution in [-0.4, -0.2) is 26.7 Å². The number of amidine groups is 1. The normalized spacial score (nSPS) is 14.9. The molecule has 2 aromatic heterocycles. The average molecular weight is 430 g/mol. The topological polar surface area (TPSA) is 92.0 Å². The van der Waals surface area contributed by atoms with Crippen molar-refractivity contribution < 1.29 is 17.6 Å². The van der Waals surface area contributed by atoms with E-state index in [4.69, 9.17) is 4.42 Å². The molecule has 3 heterocycles. The van der Waals surface area contributed by atoms with Crippen LogP contribution in [0.25, 0.3) is 0 Å². The number of fused-ring (bicyclic) bond motifs is 1. The molecule has 3 aromatic rings. The number of nitrogens with one attached hydrogen (secondary N) is 1. The Labute approximate surface area is 172 Å². The molecule has 0 aliphatic carbocycles. The molecule has 0 fully saturated rings. The predicted molar refractivity (Wildman–Crippen MR) is 113 cm³/mol. The SMILES string of the molecule is CCCCN1C(c2ccco2)=NS(=O)(=O)c2cc(NC(=O)c3cccs3)ccc21. The first-order chi connectivity index (χ1) is 14.0. The fourth-order valence-corrected chi connectivity index (χ4v) is 4.93. The highest BCUT2D eigenvalue weighted by Crippen LogP contribution is 2.35. The van der Waals surface area contributed by atoms with E-state index in [1.54, 1.807) is 36.4 Å². The second-order valence-corrected chi connectivity index (χ2v) is 9.01. The molecule has 1 aliphatic heterocycles. The lowest BCUT2D eigenvalue weighted by molar-refractivity contribution is 0.103. The van der Waals surface area contributed by atoms with Crippen LogP contribution >= 0.6 is 11.3 Å². The Morgan fingerprint density at radius 1 is 1.24 bits per heavy atom. The van der Waals surface area contributed by atoms with E-state index in [0.717, 1.165) is 12.8 Å². The van der Waals surface area contributed by atoms with Crippen LogP contribution in [0.5, 0.6) is 0 Å². The molecule has 1 aliphatic rings. The molecule has 29 heavy (non-hydrogen) atoms. The molecule has 7 nitrogen and oxygen atoms in total. The number of amides is 1. The average Bonchev–Trinajstić information content (AvgIpc) is 3.41. The molecule has 0 saturated carbocycles. The minimum absolute atomic E-state index is 0.0629. The second kappa shape index (κ2) is 7.84. The number of carbonyl (C=O) groups is 1. The van der Waals surface area contributed by atoms with Crippen LogP contribution in [0.4, 0.5) is 11.4 Å². The van der Waals surface area contributed by atoms with Gasteiger partial charge >= 0.3 is 0 Å². The third-order valence-corrected chi connectivity index (χ3v) is 6.64. The third kappa shape index (κ3) is 3.83. The zero-order valence-corrected chi connectivity index (χ0v) is 17.3. The number of sulfonamides is 1. The van der Waals surface area contributed by atoms with Gasteiger partial charge in [-0.2, -0.15) is 8.42 Å². The summed E-state index contributed by atoms with van der Waals surface area (Å²) in [6.07, 6.45) is 3.29. The van der Waals surface area contributed by atoms with Gasteiger partial charge in [-0.05, 0) is 48.2 Å². The van der Waals surface area contributed by atoms with Gasteiger partial charge in [0.2, 0.25) is 0 Å². The van der Waals surface area contributed by atoms with Crippen molar-refractivity contribution in [2.45, 2.75) is 24.7 Å². The van der Waals surface area contributed by atoms with Gasteiger partial charge in [-0.1, -0.05) is 19.4 Å². The van der Waals surface area contributed by atoms with Crippen molar-refractivity contribution in [3.05, 3.63) is 64.7 Å². The summed E-state index contributed by atoms with van der Waals surface area (Å²) < 4.78 is 35.2. The van der Waals surface area contributed by atoms with Crippen molar-refractivity contribution in [2.75, 3.05) is 16.8 Å². The molecule has 1 N–H and O–H groups in total. The summed E-state index contributed by atoms with van der Waals surface area (Å²) in [4.78, 5) is 14.8. The summed E-state index contributed by atoms with van der Waals surface area (Å²) in [5.74, 6) is 0.382. The number of benzene rings is 1. The molecular weight excluding hydrogens is 410 g/mol. The molecule has 0 radical (unpaired) electrons. The number of thiophene rings is 1. The number of hydrogen-bond acceptors (Lipinski definition) is 6. The van der Waals surface area contributed by atoms with Crippen molar-refractivity contribution in [2.24, 2.45) is 4.40 Å². The van der Waals surface area contributed by atoms with E-state index in [1.807, 2.05) is 10.3 Å². The van der Waals surface area contributed by atoms with E-state index in [-0.39, 0.29) is 16.6 Å². The number of hydrogen-bond donors (Lipinski definition) is 1. The number of unbranched alkanes of at least 4 members (excludes halogenated alkanes) is 1. The summed E-state index contributed by atoms with van der Waals surface area (Å²) in [6.45, 7) is 2.66. The van der Waals surface area contributed by atoms with Gasteiger partial charge in [-0.3, -0.25) is 4.79 Å². The van der Waals surface area contributed by atoms with Gasteiger partial charge in [0.15, 0.2) is 11.6 Å². The number of furan rings is 1. The molecular formula is C20H19N3O4S2. The highest BCUT2D eigenvalue weighted by atomic mass is 32.2. The predicted octanol–water partition coefficient (Wildman–Crippen LogP) is 4.35. The van der Waals surface area contributed by atoms with E-state index in [1.165, 1.54) is 23.7 Å². The standard InChI is InChI=1S/C20H19N3O4S2/c1-2-3-10-23-15-9-8-14(21-20(24)17-7-5-12-28-17)13-18(15)29(25,26)22-19(23)16-6-4-11-27-16/h4-9,11-13H,2-3,10H2,1H3,(H,21,24).